The Bertz CT molecular complexity index is 307. The molecule has 0 aromatic carbocycles. The molecule has 18 heavy (non-hydrogen) atoms. The van der Waals surface area contributed by atoms with E-state index in [-0.39, 0.29) is 12.8 Å². The minimum absolute atomic E-state index is 0.00486. The van der Waals surface area contributed by atoms with Crippen LogP contribution in [0.15, 0.2) is 0 Å². The summed E-state index contributed by atoms with van der Waals surface area (Å²) < 4.78 is 9.25. The first-order valence-corrected chi connectivity index (χ1v) is 5.50. The van der Waals surface area contributed by atoms with Crippen LogP contribution in [0.3, 0.4) is 0 Å². The highest BCUT2D eigenvalue weighted by molar-refractivity contribution is 5.74. The quantitative estimate of drug-likeness (QED) is 0.466. The maximum absolute atomic E-state index is 11.1. The Morgan fingerprint density at radius 2 is 1.61 bits per heavy atom. The van der Waals surface area contributed by atoms with Gasteiger partial charge in [0.1, 0.15) is 5.60 Å². The van der Waals surface area contributed by atoms with Gasteiger partial charge in [0.05, 0.1) is 7.11 Å². The maximum atomic E-state index is 11.1. The Kier molecular flexibility index (Phi) is 6.77. The van der Waals surface area contributed by atoms with E-state index in [1.807, 2.05) is 5.48 Å². The number of amides is 1. The summed E-state index contributed by atoms with van der Waals surface area (Å²) in [7, 11) is 1.27. The number of hydrogen-bond donors (Lipinski definition) is 1. The summed E-state index contributed by atoms with van der Waals surface area (Å²) in [4.78, 5) is 37.4. The Labute approximate surface area is 106 Å². The highest BCUT2D eigenvalue weighted by Gasteiger charge is 2.17. The van der Waals surface area contributed by atoms with Gasteiger partial charge in [-0.25, -0.2) is 9.59 Å². The summed E-state index contributed by atoms with van der Waals surface area (Å²) in [6.07, 6.45) is -0.423. The molecule has 0 bridgehead atoms. The SMILES string of the molecule is COC(=O)CCCC(=O)ONC(=O)OC(C)(C)C. The number of methoxy groups -OCH3 is 1. The number of nitrogens with one attached hydrogen (secondary N) is 1. The van der Waals surface area contributed by atoms with Crippen LogP contribution >= 0.6 is 0 Å². The van der Waals surface area contributed by atoms with E-state index in [2.05, 4.69) is 9.57 Å². The fraction of sp³-hybridized carbons (Fsp3) is 0.727. The Morgan fingerprint density at radius 3 is 2.11 bits per heavy atom. The monoisotopic (exact) mass is 261 g/mol. The molecule has 1 N–H and O–H groups in total. The summed E-state index contributed by atoms with van der Waals surface area (Å²) in [5, 5.41) is 0. The third kappa shape index (κ3) is 9.44. The van der Waals surface area contributed by atoms with Gasteiger partial charge in [-0.2, -0.15) is 0 Å². The van der Waals surface area contributed by atoms with Gasteiger partial charge < -0.3 is 14.3 Å². The van der Waals surface area contributed by atoms with E-state index in [1.165, 1.54) is 7.11 Å². The van der Waals surface area contributed by atoms with Crippen molar-refractivity contribution in [2.24, 2.45) is 0 Å². The van der Waals surface area contributed by atoms with Crippen molar-refractivity contribution in [3.63, 3.8) is 0 Å². The standard InChI is InChI=1S/C11H19NO6/c1-11(2,3)17-10(15)12-18-9(14)7-5-6-8(13)16-4/h5-7H2,1-4H3,(H,12,15). The Morgan fingerprint density at radius 1 is 1.06 bits per heavy atom. The zero-order valence-electron chi connectivity index (χ0n) is 11.1. The summed E-state index contributed by atoms with van der Waals surface area (Å²) in [6.45, 7) is 5.06. The van der Waals surface area contributed by atoms with Crippen LogP contribution in [-0.2, 0) is 23.9 Å². The lowest BCUT2D eigenvalue weighted by molar-refractivity contribution is -0.151. The van der Waals surface area contributed by atoms with Crippen molar-refractivity contribution in [2.45, 2.75) is 45.6 Å². The number of hydrogen-bond acceptors (Lipinski definition) is 6. The van der Waals surface area contributed by atoms with Gasteiger partial charge in [0.2, 0.25) is 0 Å². The second-order valence-corrected chi connectivity index (χ2v) is 4.51. The van der Waals surface area contributed by atoms with Crippen molar-refractivity contribution in [1.82, 2.24) is 5.48 Å². The molecule has 0 aromatic rings. The molecule has 0 saturated heterocycles. The first-order chi connectivity index (χ1) is 8.24. The van der Waals surface area contributed by atoms with Gasteiger partial charge in [0.15, 0.2) is 0 Å². The normalized spacial score (nSPS) is 10.4. The number of rotatable bonds is 4. The second-order valence-electron chi connectivity index (χ2n) is 4.51. The molecular formula is C11H19NO6. The van der Waals surface area contributed by atoms with Gasteiger partial charge in [0.25, 0.3) is 0 Å². The van der Waals surface area contributed by atoms with E-state index >= 15 is 0 Å². The average Bonchev–Trinajstić information content (AvgIpc) is 2.23. The van der Waals surface area contributed by atoms with E-state index in [0.29, 0.717) is 6.42 Å². The fourth-order valence-electron chi connectivity index (χ4n) is 0.928. The van der Waals surface area contributed by atoms with Crippen molar-refractivity contribution >= 4 is 18.0 Å². The van der Waals surface area contributed by atoms with Crippen LogP contribution < -0.4 is 5.48 Å². The molecule has 7 heteroatoms. The molecule has 0 aliphatic heterocycles. The summed E-state index contributed by atoms with van der Waals surface area (Å²) in [5.74, 6) is -1.05. The first-order valence-electron chi connectivity index (χ1n) is 5.50. The molecule has 0 saturated carbocycles. The molecule has 0 heterocycles. The Balaban J connectivity index is 3.71. The van der Waals surface area contributed by atoms with Crippen LogP contribution in [-0.4, -0.2) is 30.7 Å². The fourth-order valence-corrected chi connectivity index (χ4v) is 0.928. The van der Waals surface area contributed by atoms with Gasteiger partial charge >= 0.3 is 18.0 Å². The van der Waals surface area contributed by atoms with Gasteiger partial charge in [-0.05, 0) is 27.2 Å². The molecule has 0 aliphatic rings. The molecule has 0 fully saturated rings. The third-order valence-corrected chi connectivity index (χ3v) is 1.64. The smallest absolute Gasteiger partial charge is 0.441 e. The van der Waals surface area contributed by atoms with Crippen molar-refractivity contribution < 1.29 is 28.7 Å². The minimum Gasteiger partial charge on any atom is -0.469 e. The van der Waals surface area contributed by atoms with Crippen molar-refractivity contribution in [3.8, 4) is 0 Å². The zero-order chi connectivity index (χ0) is 14.2. The molecular weight excluding hydrogens is 242 g/mol. The van der Waals surface area contributed by atoms with Crippen molar-refractivity contribution in [1.29, 1.82) is 0 Å². The largest absolute Gasteiger partial charge is 0.469 e. The molecule has 7 nitrogen and oxygen atoms in total. The highest BCUT2D eigenvalue weighted by atomic mass is 16.7. The third-order valence-electron chi connectivity index (χ3n) is 1.64. The zero-order valence-corrected chi connectivity index (χ0v) is 11.1. The number of carbonyl (C=O) groups excluding carboxylic acids is 3. The molecule has 104 valence electrons. The number of ether oxygens (including phenoxy) is 2. The van der Waals surface area contributed by atoms with E-state index in [4.69, 9.17) is 4.74 Å². The predicted molar refractivity (Wildman–Crippen MR) is 61.3 cm³/mol. The van der Waals surface area contributed by atoms with Crippen LogP contribution in [0.2, 0.25) is 0 Å². The maximum Gasteiger partial charge on any atom is 0.441 e. The summed E-state index contributed by atoms with van der Waals surface area (Å²) in [5.41, 5.74) is 1.20. The van der Waals surface area contributed by atoms with Crippen LogP contribution in [0.4, 0.5) is 4.79 Å². The van der Waals surface area contributed by atoms with Crippen LogP contribution in [0.5, 0.6) is 0 Å². The molecule has 0 unspecified atom stereocenters. The average molecular weight is 261 g/mol. The minimum atomic E-state index is -0.844. The summed E-state index contributed by atoms with van der Waals surface area (Å²) >= 11 is 0. The molecule has 0 rings (SSSR count). The van der Waals surface area contributed by atoms with E-state index < -0.39 is 23.6 Å². The van der Waals surface area contributed by atoms with Gasteiger partial charge in [0, 0.05) is 12.8 Å². The lowest BCUT2D eigenvalue weighted by atomic mass is 10.2. The number of carbonyl (C=O) groups is 3. The van der Waals surface area contributed by atoms with E-state index in [0.717, 1.165) is 0 Å². The second kappa shape index (κ2) is 7.52. The van der Waals surface area contributed by atoms with Crippen LogP contribution in [0, 0.1) is 0 Å². The summed E-state index contributed by atoms with van der Waals surface area (Å²) in [6, 6.07) is 0. The number of hydroxylamine groups is 1. The Hall–Kier alpha value is -1.79. The van der Waals surface area contributed by atoms with Gasteiger partial charge in [-0.15, -0.1) is 5.48 Å². The van der Waals surface area contributed by atoms with E-state index in [9.17, 15) is 14.4 Å². The highest BCUT2D eigenvalue weighted by Crippen LogP contribution is 2.06. The molecule has 0 atom stereocenters. The lowest BCUT2D eigenvalue weighted by Gasteiger charge is -2.19. The van der Waals surface area contributed by atoms with E-state index in [1.54, 1.807) is 20.8 Å². The molecule has 0 aliphatic carbocycles. The number of esters is 1. The van der Waals surface area contributed by atoms with Crippen LogP contribution in [0.25, 0.3) is 0 Å². The van der Waals surface area contributed by atoms with Crippen LogP contribution in [0.1, 0.15) is 40.0 Å². The van der Waals surface area contributed by atoms with Gasteiger partial charge in [-0.3, -0.25) is 4.79 Å². The topological polar surface area (TPSA) is 90.9 Å². The first kappa shape index (κ1) is 16.2. The van der Waals surface area contributed by atoms with Crippen molar-refractivity contribution in [3.05, 3.63) is 0 Å². The molecule has 1 amide bonds. The molecule has 0 aromatic heterocycles. The lowest BCUT2D eigenvalue weighted by Crippen LogP contribution is -2.34. The predicted octanol–water partition coefficient (Wildman–Crippen LogP) is 1.31. The molecule has 0 spiro atoms. The molecule has 0 radical (unpaired) electrons. The van der Waals surface area contributed by atoms with Gasteiger partial charge in [-0.1, -0.05) is 0 Å². The van der Waals surface area contributed by atoms with Crippen molar-refractivity contribution in [2.75, 3.05) is 7.11 Å².